The van der Waals surface area contributed by atoms with Gasteiger partial charge in [-0.3, -0.25) is 19.6 Å². The molecule has 8 nitrogen and oxygen atoms in total. The van der Waals surface area contributed by atoms with Gasteiger partial charge in [-0.05, 0) is 37.3 Å². The average Bonchev–Trinajstić information content (AvgIpc) is 2.53. The Balaban J connectivity index is 2.14. The van der Waals surface area contributed by atoms with Gasteiger partial charge in [-0.2, -0.15) is 0 Å². The van der Waals surface area contributed by atoms with Gasteiger partial charge in [-0.25, -0.2) is 8.42 Å². The van der Waals surface area contributed by atoms with E-state index in [2.05, 4.69) is 4.72 Å². The molecule has 1 atom stereocenters. The molecular formula is C16H16N2O6S. The maximum atomic E-state index is 12.4. The minimum Gasteiger partial charge on any atom is -0.475 e. The molecule has 0 saturated heterocycles. The molecule has 132 valence electrons. The van der Waals surface area contributed by atoms with Crippen LogP contribution in [0.25, 0.3) is 0 Å². The van der Waals surface area contributed by atoms with Crippen molar-refractivity contribution in [3.05, 3.63) is 64.2 Å². The topological polar surface area (TPSA) is 116 Å². The number of ether oxygens (including phenoxy) is 1. The third-order valence-electron chi connectivity index (χ3n) is 3.21. The van der Waals surface area contributed by atoms with Crippen LogP contribution in [0.3, 0.4) is 0 Å². The van der Waals surface area contributed by atoms with Gasteiger partial charge in [0.25, 0.3) is 0 Å². The van der Waals surface area contributed by atoms with Crippen molar-refractivity contribution in [1.29, 1.82) is 0 Å². The van der Waals surface area contributed by atoms with Crippen LogP contribution in [-0.4, -0.2) is 31.5 Å². The third-order valence-corrected chi connectivity index (χ3v) is 3.81. The molecule has 0 amide bonds. The van der Waals surface area contributed by atoms with Crippen molar-refractivity contribution in [2.45, 2.75) is 13.0 Å². The van der Waals surface area contributed by atoms with E-state index in [4.69, 9.17) is 4.74 Å². The smallest absolute Gasteiger partial charge is 0.310 e. The molecule has 0 bridgehead atoms. The van der Waals surface area contributed by atoms with Crippen molar-refractivity contribution < 1.29 is 22.9 Å². The van der Waals surface area contributed by atoms with Crippen molar-refractivity contribution in [3.63, 3.8) is 0 Å². The van der Waals surface area contributed by atoms with Gasteiger partial charge < -0.3 is 4.74 Å². The van der Waals surface area contributed by atoms with E-state index in [0.29, 0.717) is 11.3 Å². The average molecular weight is 364 g/mol. The molecule has 0 aliphatic carbocycles. The second-order valence-corrected chi connectivity index (χ2v) is 7.05. The minimum absolute atomic E-state index is 0.00344. The first-order chi connectivity index (χ1) is 11.7. The van der Waals surface area contributed by atoms with Crippen LogP contribution >= 0.6 is 0 Å². The van der Waals surface area contributed by atoms with Gasteiger partial charge in [0, 0.05) is 17.3 Å². The van der Waals surface area contributed by atoms with Crippen molar-refractivity contribution in [2.24, 2.45) is 0 Å². The number of para-hydroxylation sites is 2. The lowest BCUT2D eigenvalue weighted by Gasteiger charge is -2.14. The molecule has 0 spiro atoms. The summed E-state index contributed by atoms with van der Waals surface area (Å²) in [5.74, 6) is -0.382. The monoisotopic (exact) mass is 364 g/mol. The first-order valence-corrected chi connectivity index (χ1v) is 9.08. The minimum atomic E-state index is -3.40. The van der Waals surface area contributed by atoms with Gasteiger partial charge in [-0.15, -0.1) is 0 Å². The van der Waals surface area contributed by atoms with E-state index in [1.54, 1.807) is 6.07 Å². The Morgan fingerprint density at radius 2 is 1.76 bits per heavy atom. The van der Waals surface area contributed by atoms with Crippen molar-refractivity contribution in [2.75, 3.05) is 11.0 Å². The number of Topliss-reactive ketones (excluding diaryl/α,β-unsaturated/α-hetero) is 1. The highest BCUT2D eigenvalue weighted by atomic mass is 32.2. The first kappa shape index (κ1) is 18.4. The normalized spacial score (nSPS) is 12.2. The van der Waals surface area contributed by atoms with Crippen molar-refractivity contribution in [1.82, 2.24) is 0 Å². The number of sulfonamides is 1. The second kappa shape index (κ2) is 7.31. The van der Waals surface area contributed by atoms with E-state index in [-0.39, 0.29) is 17.2 Å². The van der Waals surface area contributed by atoms with Crippen LogP contribution in [0.2, 0.25) is 0 Å². The maximum absolute atomic E-state index is 12.4. The van der Waals surface area contributed by atoms with E-state index in [1.165, 1.54) is 49.4 Å². The first-order valence-electron chi connectivity index (χ1n) is 7.19. The lowest BCUT2D eigenvalue weighted by Crippen LogP contribution is -2.24. The number of nitrogens with one attached hydrogen (secondary N) is 1. The highest BCUT2D eigenvalue weighted by molar-refractivity contribution is 7.92. The fourth-order valence-corrected chi connectivity index (χ4v) is 2.67. The fraction of sp³-hybridized carbons (Fsp3) is 0.188. The Labute approximate surface area is 144 Å². The molecule has 2 rings (SSSR count). The van der Waals surface area contributed by atoms with Crippen LogP contribution in [0.1, 0.15) is 17.3 Å². The van der Waals surface area contributed by atoms with Crippen LogP contribution in [0, 0.1) is 10.1 Å². The SMILES string of the molecule is C[C@@H](Oc1ccccc1[N+](=O)[O-])C(=O)c1ccc(NS(C)(=O)=O)cc1. The van der Waals surface area contributed by atoms with Crippen LogP contribution in [0.4, 0.5) is 11.4 Å². The summed E-state index contributed by atoms with van der Waals surface area (Å²) in [6, 6.07) is 11.6. The number of ketones is 1. The zero-order valence-electron chi connectivity index (χ0n) is 13.5. The number of nitro groups is 1. The molecule has 0 heterocycles. The van der Waals surface area contributed by atoms with Gasteiger partial charge in [-0.1, -0.05) is 12.1 Å². The number of rotatable bonds is 7. The Hall–Kier alpha value is -2.94. The molecule has 1 N–H and O–H groups in total. The highest BCUT2D eigenvalue weighted by Crippen LogP contribution is 2.27. The zero-order valence-corrected chi connectivity index (χ0v) is 14.3. The standard InChI is InChI=1S/C16H16N2O6S/c1-11(24-15-6-4-3-5-14(15)18(20)21)16(19)12-7-9-13(10-8-12)17-25(2,22)23/h3-11,17H,1-2H3/t11-/m1/s1. The maximum Gasteiger partial charge on any atom is 0.310 e. The quantitative estimate of drug-likeness (QED) is 0.459. The van der Waals surface area contributed by atoms with E-state index < -0.39 is 21.1 Å². The van der Waals surface area contributed by atoms with Gasteiger partial charge in [0.15, 0.2) is 11.9 Å². The van der Waals surface area contributed by atoms with Crippen molar-refractivity contribution in [3.8, 4) is 5.75 Å². The third kappa shape index (κ3) is 5.01. The van der Waals surface area contributed by atoms with E-state index in [9.17, 15) is 23.3 Å². The zero-order chi connectivity index (χ0) is 18.6. The lowest BCUT2D eigenvalue weighted by molar-refractivity contribution is -0.386. The second-order valence-electron chi connectivity index (χ2n) is 5.30. The molecule has 9 heteroatoms. The van der Waals surface area contributed by atoms with Gasteiger partial charge in [0.2, 0.25) is 15.8 Å². The van der Waals surface area contributed by atoms with Gasteiger partial charge in [0.05, 0.1) is 11.2 Å². The number of carbonyl (C=O) groups is 1. The highest BCUT2D eigenvalue weighted by Gasteiger charge is 2.21. The summed E-state index contributed by atoms with van der Waals surface area (Å²) in [5, 5.41) is 11.0. The fourth-order valence-electron chi connectivity index (χ4n) is 2.10. The number of benzene rings is 2. The predicted octanol–water partition coefficient (Wildman–Crippen LogP) is 2.62. The van der Waals surface area contributed by atoms with Gasteiger partial charge in [0.1, 0.15) is 0 Å². The molecule has 0 aliphatic rings. The summed E-state index contributed by atoms with van der Waals surface area (Å²) in [7, 11) is -3.40. The van der Waals surface area contributed by atoms with Crippen LogP contribution in [-0.2, 0) is 10.0 Å². The number of nitrogens with zero attached hydrogens (tertiary/aromatic N) is 1. The number of carbonyl (C=O) groups excluding carboxylic acids is 1. The molecule has 0 aromatic heterocycles. The summed E-state index contributed by atoms with van der Waals surface area (Å²) in [6.45, 7) is 1.49. The molecule has 0 fully saturated rings. The molecule has 0 unspecified atom stereocenters. The Kier molecular flexibility index (Phi) is 5.38. The van der Waals surface area contributed by atoms with Crippen LogP contribution in [0.15, 0.2) is 48.5 Å². The van der Waals surface area contributed by atoms with E-state index in [0.717, 1.165) is 6.26 Å². The number of hydrogen-bond donors (Lipinski definition) is 1. The van der Waals surface area contributed by atoms with Crippen LogP contribution in [0.5, 0.6) is 5.75 Å². The predicted molar refractivity (Wildman–Crippen MR) is 92.4 cm³/mol. The molecule has 0 radical (unpaired) electrons. The summed E-state index contributed by atoms with van der Waals surface area (Å²) < 4.78 is 30.1. The summed E-state index contributed by atoms with van der Waals surface area (Å²) in [6.07, 6.45) is 0.0733. The van der Waals surface area contributed by atoms with E-state index in [1.807, 2.05) is 0 Å². The molecule has 2 aromatic carbocycles. The molecular weight excluding hydrogens is 348 g/mol. The Morgan fingerprint density at radius 3 is 2.32 bits per heavy atom. The van der Waals surface area contributed by atoms with E-state index >= 15 is 0 Å². The summed E-state index contributed by atoms with van der Waals surface area (Å²) in [5.41, 5.74) is 0.395. The van der Waals surface area contributed by atoms with Crippen molar-refractivity contribution >= 4 is 27.2 Å². The Morgan fingerprint density at radius 1 is 1.16 bits per heavy atom. The number of nitro benzene ring substituents is 1. The summed E-state index contributed by atoms with van der Waals surface area (Å²) >= 11 is 0. The molecule has 2 aromatic rings. The number of hydrogen-bond acceptors (Lipinski definition) is 6. The van der Waals surface area contributed by atoms with Crippen LogP contribution < -0.4 is 9.46 Å². The van der Waals surface area contributed by atoms with Gasteiger partial charge >= 0.3 is 5.69 Å². The largest absolute Gasteiger partial charge is 0.475 e. The Bertz CT molecular complexity index is 893. The lowest BCUT2D eigenvalue weighted by atomic mass is 10.1. The molecule has 0 saturated carbocycles. The molecule has 0 aliphatic heterocycles. The molecule has 25 heavy (non-hydrogen) atoms. The number of anilines is 1. The summed E-state index contributed by atoms with van der Waals surface area (Å²) in [4.78, 5) is 22.8.